The van der Waals surface area contributed by atoms with Crippen molar-refractivity contribution >= 4 is 11.3 Å². The number of hydrogen-bond acceptors (Lipinski definition) is 2. The Hall–Kier alpha value is -2.58. The average molecular weight is 387 g/mol. The number of nitrogens with zero attached hydrogens (tertiary/aromatic N) is 2. The number of likely N-dealkylation sites (N-methyl/N-ethyl adjacent to an activating group) is 1. The van der Waals surface area contributed by atoms with E-state index >= 15 is 0 Å². The summed E-state index contributed by atoms with van der Waals surface area (Å²) in [5.74, 6) is 0. The lowest BCUT2D eigenvalue weighted by atomic mass is 9.90. The Labute approximate surface area is 176 Å². The van der Waals surface area contributed by atoms with Gasteiger partial charge in [0.15, 0.2) is 0 Å². The van der Waals surface area contributed by atoms with Crippen LogP contribution in [0, 0.1) is 0 Å². The van der Waals surface area contributed by atoms with Crippen molar-refractivity contribution in [1.29, 1.82) is 0 Å². The summed E-state index contributed by atoms with van der Waals surface area (Å²) in [6.45, 7) is 13.0. The van der Waals surface area contributed by atoms with Gasteiger partial charge in [-0.1, -0.05) is 80.6 Å². The molecule has 0 bridgehead atoms. The molecule has 0 radical (unpaired) electrons. The van der Waals surface area contributed by atoms with Crippen molar-refractivity contribution in [2.24, 2.45) is 0 Å². The molecular weight excluding hydrogens is 352 g/mol. The Bertz CT molecular complexity index is 835. The minimum Gasteiger partial charge on any atom is -0.372 e. The molecule has 152 valence electrons. The van der Waals surface area contributed by atoms with Gasteiger partial charge < -0.3 is 4.90 Å². The Morgan fingerprint density at radius 2 is 1.24 bits per heavy atom. The highest BCUT2D eigenvalue weighted by molar-refractivity contribution is 5.86. The quantitative estimate of drug-likeness (QED) is 0.535. The van der Waals surface area contributed by atoms with E-state index in [4.69, 9.17) is 0 Å². The second-order valence-corrected chi connectivity index (χ2v) is 7.35. The summed E-state index contributed by atoms with van der Waals surface area (Å²) in [7, 11) is 0. The van der Waals surface area contributed by atoms with Crippen LogP contribution < -0.4 is 4.90 Å². The van der Waals surface area contributed by atoms with Crippen molar-refractivity contribution in [3.05, 3.63) is 95.6 Å². The second kappa shape index (κ2) is 10.3. The molecule has 29 heavy (non-hydrogen) atoms. The maximum absolute atomic E-state index is 2.46. The maximum atomic E-state index is 2.46. The average Bonchev–Trinajstić information content (AvgIpc) is 2.78. The second-order valence-electron chi connectivity index (χ2n) is 7.35. The van der Waals surface area contributed by atoms with Crippen molar-refractivity contribution < 1.29 is 0 Å². The van der Waals surface area contributed by atoms with E-state index in [0.717, 1.165) is 26.2 Å². The normalized spacial score (nSPS) is 15.8. The third kappa shape index (κ3) is 4.89. The Balaban J connectivity index is 2.00. The molecule has 0 heterocycles. The fraction of sp³-hybridized carbons (Fsp3) is 0.333. The molecule has 0 aliphatic heterocycles. The van der Waals surface area contributed by atoms with Crippen LogP contribution in [0.3, 0.4) is 0 Å². The zero-order valence-corrected chi connectivity index (χ0v) is 18.3. The van der Waals surface area contributed by atoms with Gasteiger partial charge in [0.2, 0.25) is 0 Å². The van der Waals surface area contributed by atoms with Crippen LogP contribution in [0.15, 0.2) is 84.5 Å². The summed E-state index contributed by atoms with van der Waals surface area (Å²) in [6.07, 6.45) is 9.25. The summed E-state index contributed by atoms with van der Waals surface area (Å²) >= 11 is 0. The molecule has 0 spiro atoms. The molecule has 2 aromatic carbocycles. The van der Waals surface area contributed by atoms with Gasteiger partial charge in [-0.3, -0.25) is 4.90 Å². The van der Waals surface area contributed by atoms with Crippen LogP contribution in [0.5, 0.6) is 0 Å². The SMILES string of the molecule is CCN(CC)c1ccc(C(=C2C=CC(N(CC)CC)C=C2)c2ccccc2)cc1. The Kier molecular flexibility index (Phi) is 7.48. The molecule has 3 rings (SSSR count). The molecule has 1 aliphatic carbocycles. The largest absolute Gasteiger partial charge is 0.372 e. The van der Waals surface area contributed by atoms with Crippen LogP contribution in [-0.4, -0.2) is 37.1 Å². The molecule has 2 nitrogen and oxygen atoms in total. The van der Waals surface area contributed by atoms with Crippen molar-refractivity contribution in [3.63, 3.8) is 0 Å². The Morgan fingerprint density at radius 1 is 0.690 bits per heavy atom. The van der Waals surface area contributed by atoms with Gasteiger partial charge in [0.1, 0.15) is 0 Å². The Morgan fingerprint density at radius 3 is 1.76 bits per heavy atom. The van der Waals surface area contributed by atoms with Gasteiger partial charge in [0.05, 0.1) is 0 Å². The summed E-state index contributed by atoms with van der Waals surface area (Å²) < 4.78 is 0. The lowest BCUT2D eigenvalue weighted by Crippen LogP contribution is -2.32. The zero-order valence-electron chi connectivity index (χ0n) is 18.3. The van der Waals surface area contributed by atoms with Gasteiger partial charge in [-0.25, -0.2) is 0 Å². The number of hydrogen-bond donors (Lipinski definition) is 0. The van der Waals surface area contributed by atoms with E-state index in [1.165, 1.54) is 28.0 Å². The van der Waals surface area contributed by atoms with Crippen LogP contribution in [0.4, 0.5) is 5.69 Å². The van der Waals surface area contributed by atoms with Gasteiger partial charge in [-0.05, 0) is 61.3 Å². The lowest BCUT2D eigenvalue weighted by Gasteiger charge is -2.27. The molecule has 0 aromatic heterocycles. The van der Waals surface area contributed by atoms with Crippen molar-refractivity contribution in [2.45, 2.75) is 33.7 Å². The molecule has 0 N–H and O–H groups in total. The molecular formula is C27H34N2. The van der Waals surface area contributed by atoms with E-state index in [9.17, 15) is 0 Å². The van der Waals surface area contributed by atoms with E-state index in [2.05, 4.69) is 116 Å². The number of anilines is 1. The third-order valence-electron chi connectivity index (χ3n) is 5.82. The zero-order chi connectivity index (χ0) is 20.6. The van der Waals surface area contributed by atoms with Gasteiger partial charge >= 0.3 is 0 Å². The van der Waals surface area contributed by atoms with Crippen molar-refractivity contribution in [3.8, 4) is 0 Å². The highest BCUT2D eigenvalue weighted by atomic mass is 15.1. The predicted molar refractivity (Wildman–Crippen MR) is 127 cm³/mol. The smallest absolute Gasteiger partial charge is 0.0467 e. The maximum Gasteiger partial charge on any atom is 0.0467 e. The minimum atomic E-state index is 0.385. The van der Waals surface area contributed by atoms with Crippen molar-refractivity contribution in [1.82, 2.24) is 4.90 Å². The van der Waals surface area contributed by atoms with E-state index in [-0.39, 0.29) is 0 Å². The first-order chi connectivity index (χ1) is 14.2. The molecule has 0 saturated heterocycles. The van der Waals surface area contributed by atoms with E-state index in [1.807, 2.05) is 0 Å². The topological polar surface area (TPSA) is 6.48 Å². The fourth-order valence-electron chi connectivity index (χ4n) is 4.11. The lowest BCUT2D eigenvalue weighted by molar-refractivity contribution is 0.287. The molecule has 2 aromatic rings. The summed E-state index contributed by atoms with van der Waals surface area (Å²) in [5, 5.41) is 0. The number of benzene rings is 2. The van der Waals surface area contributed by atoms with Gasteiger partial charge in [0.25, 0.3) is 0 Å². The van der Waals surface area contributed by atoms with Gasteiger partial charge in [0, 0.05) is 24.8 Å². The molecule has 0 saturated carbocycles. The molecule has 0 unspecified atom stereocenters. The molecule has 0 amide bonds. The van der Waals surface area contributed by atoms with Gasteiger partial charge in [-0.15, -0.1) is 0 Å². The van der Waals surface area contributed by atoms with Crippen LogP contribution in [0.25, 0.3) is 5.57 Å². The molecule has 1 aliphatic rings. The fourth-order valence-corrected chi connectivity index (χ4v) is 4.11. The van der Waals surface area contributed by atoms with Crippen molar-refractivity contribution in [2.75, 3.05) is 31.1 Å². The van der Waals surface area contributed by atoms with E-state index in [1.54, 1.807) is 0 Å². The summed E-state index contributed by atoms with van der Waals surface area (Å²) in [5.41, 5.74) is 6.37. The summed E-state index contributed by atoms with van der Waals surface area (Å²) in [4.78, 5) is 4.85. The summed E-state index contributed by atoms with van der Waals surface area (Å²) in [6, 6.07) is 20.2. The highest BCUT2D eigenvalue weighted by Gasteiger charge is 2.15. The van der Waals surface area contributed by atoms with Crippen LogP contribution in [0.1, 0.15) is 38.8 Å². The first kappa shape index (κ1) is 21.1. The highest BCUT2D eigenvalue weighted by Crippen LogP contribution is 2.31. The first-order valence-electron chi connectivity index (χ1n) is 11.0. The van der Waals surface area contributed by atoms with Crippen LogP contribution >= 0.6 is 0 Å². The number of rotatable bonds is 8. The molecule has 0 fully saturated rings. The monoisotopic (exact) mass is 386 g/mol. The van der Waals surface area contributed by atoms with Gasteiger partial charge in [-0.2, -0.15) is 0 Å². The first-order valence-corrected chi connectivity index (χ1v) is 11.0. The number of allylic oxidation sites excluding steroid dienone is 3. The standard InChI is InChI=1S/C27H34N2/c1-5-28(6-2)25-18-14-23(15-19-25)27(22-12-10-9-11-13-22)24-16-20-26(21-17-24)29(7-3)8-4/h9-21,25H,5-8H2,1-4H3. The van der Waals surface area contributed by atoms with Crippen LogP contribution in [-0.2, 0) is 0 Å². The molecule has 0 atom stereocenters. The molecule has 2 heteroatoms. The van der Waals surface area contributed by atoms with E-state index < -0.39 is 0 Å². The third-order valence-corrected chi connectivity index (χ3v) is 5.82. The minimum absolute atomic E-state index is 0.385. The predicted octanol–water partition coefficient (Wildman–Crippen LogP) is 6.17. The van der Waals surface area contributed by atoms with Crippen LogP contribution in [0.2, 0.25) is 0 Å². The van der Waals surface area contributed by atoms with E-state index in [0.29, 0.717) is 6.04 Å².